The van der Waals surface area contributed by atoms with Crippen LogP contribution in [0.3, 0.4) is 0 Å². The third-order valence-corrected chi connectivity index (χ3v) is 8.28. The van der Waals surface area contributed by atoms with Crippen LogP contribution in [-0.2, 0) is 19.9 Å². The zero-order valence-electron chi connectivity index (χ0n) is 20.4. The van der Waals surface area contributed by atoms with Gasteiger partial charge in [-0.15, -0.1) is 0 Å². The second kappa shape index (κ2) is 10.1. The summed E-state index contributed by atoms with van der Waals surface area (Å²) in [7, 11) is 0. The standard InChI is InChI=1S/C29H36N2O4/c1-20(21-10-4-2-5-11-21)35-26(32)16-17-31-18-24-25(19-31)27(24)30-28(33)29(34,23-14-8-9-15-23)22-12-6-3-7-13-22/h2-7,10-13,20,23-25,27,34H,8-9,14-19H2,1H3,(H,30,33). The van der Waals surface area contributed by atoms with E-state index < -0.39 is 5.60 Å². The first kappa shape index (κ1) is 24.0. The summed E-state index contributed by atoms with van der Waals surface area (Å²) in [6.45, 7) is 4.30. The molecule has 0 aromatic heterocycles. The molecule has 3 fully saturated rings. The highest BCUT2D eigenvalue weighted by atomic mass is 16.5. The van der Waals surface area contributed by atoms with Crippen LogP contribution in [0, 0.1) is 17.8 Å². The predicted octanol–water partition coefficient (Wildman–Crippen LogP) is 3.81. The molecule has 6 heteroatoms. The molecule has 35 heavy (non-hydrogen) atoms. The molecule has 186 valence electrons. The SMILES string of the molecule is CC(OC(=O)CCN1CC2C(C1)C2NC(=O)C(O)(c1ccccc1)C1CCCC1)c1ccccc1. The number of aliphatic hydroxyl groups is 1. The number of hydrogen-bond donors (Lipinski definition) is 2. The third-order valence-electron chi connectivity index (χ3n) is 8.28. The molecular formula is C29H36N2O4. The zero-order chi connectivity index (χ0) is 24.4. The van der Waals surface area contributed by atoms with E-state index >= 15 is 0 Å². The lowest BCUT2D eigenvalue weighted by Gasteiger charge is -2.33. The zero-order valence-corrected chi connectivity index (χ0v) is 20.4. The van der Waals surface area contributed by atoms with Gasteiger partial charge in [-0.2, -0.15) is 0 Å². The van der Waals surface area contributed by atoms with E-state index in [1.807, 2.05) is 67.6 Å². The highest BCUT2D eigenvalue weighted by molar-refractivity contribution is 5.87. The van der Waals surface area contributed by atoms with Crippen molar-refractivity contribution in [3.8, 4) is 0 Å². The number of carbonyl (C=O) groups is 2. The lowest BCUT2D eigenvalue weighted by molar-refractivity contribution is -0.149. The molecule has 0 radical (unpaired) electrons. The van der Waals surface area contributed by atoms with Crippen molar-refractivity contribution in [2.75, 3.05) is 19.6 Å². The number of esters is 1. The van der Waals surface area contributed by atoms with Gasteiger partial charge in [-0.3, -0.25) is 9.59 Å². The van der Waals surface area contributed by atoms with Crippen molar-refractivity contribution in [2.24, 2.45) is 17.8 Å². The molecule has 1 heterocycles. The van der Waals surface area contributed by atoms with Crippen LogP contribution in [0.1, 0.15) is 56.3 Å². The van der Waals surface area contributed by atoms with Gasteiger partial charge >= 0.3 is 5.97 Å². The summed E-state index contributed by atoms with van der Waals surface area (Å²) in [5, 5.41) is 14.9. The van der Waals surface area contributed by atoms with Gasteiger partial charge in [-0.05, 0) is 42.7 Å². The van der Waals surface area contributed by atoms with E-state index in [4.69, 9.17) is 4.74 Å². The number of carbonyl (C=O) groups excluding carboxylic acids is 2. The molecule has 1 amide bonds. The van der Waals surface area contributed by atoms with Crippen molar-refractivity contribution >= 4 is 11.9 Å². The van der Waals surface area contributed by atoms with Crippen molar-refractivity contribution in [2.45, 2.75) is 56.8 Å². The van der Waals surface area contributed by atoms with E-state index in [9.17, 15) is 14.7 Å². The van der Waals surface area contributed by atoms with Crippen molar-refractivity contribution < 1.29 is 19.4 Å². The van der Waals surface area contributed by atoms with Gasteiger partial charge in [0.25, 0.3) is 5.91 Å². The average Bonchev–Trinajstić information content (AvgIpc) is 3.28. The number of likely N-dealkylation sites (tertiary alicyclic amines) is 1. The van der Waals surface area contributed by atoms with Gasteiger partial charge < -0.3 is 20.1 Å². The number of piperidine rings is 1. The Kier molecular flexibility index (Phi) is 6.94. The maximum atomic E-state index is 13.4. The van der Waals surface area contributed by atoms with Crippen LogP contribution in [-0.4, -0.2) is 47.6 Å². The van der Waals surface area contributed by atoms with Gasteiger partial charge in [-0.1, -0.05) is 73.5 Å². The molecule has 1 aliphatic heterocycles. The molecule has 4 unspecified atom stereocenters. The molecule has 4 atom stereocenters. The molecule has 2 aromatic carbocycles. The van der Waals surface area contributed by atoms with Crippen molar-refractivity contribution in [1.29, 1.82) is 0 Å². The highest BCUT2D eigenvalue weighted by Crippen LogP contribution is 2.47. The summed E-state index contributed by atoms with van der Waals surface area (Å²) in [6.07, 6.45) is 3.99. The van der Waals surface area contributed by atoms with Crippen LogP contribution in [0.25, 0.3) is 0 Å². The number of fused-ring (bicyclic) bond motifs is 1. The lowest BCUT2D eigenvalue weighted by Crippen LogP contribution is -2.51. The summed E-state index contributed by atoms with van der Waals surface area (Å²) in [4.78, 5) is 28.0. The Hall–Kier alpha value is -2.70. The van der Waals surface area contributed by atoms with Gasteiger partial charge in [0.2, 0.25) is 0 Å². The second-order valence-corrected chi connectivity index (χ2v) is 10.5. The Labute approximate surface area is 207 Å². The Morgan fingerprint density at radius 3 is 2.26 bits per heavy atom. The van der Waals surface area contributed by atoms with Gasteiger partial charge in [0.15, 0.2) is 5.60 Å². The fraction of sp³-hybridized carbons (Fsp3) is 0.517. The minimum absolute atomic E-state index is 0.0377. The largest absolute Gasteiger partial charge is 0.458 e. The second-order valence-electron chi connectivity index (χ2n) is 10.5. The molecule has 2 saturated carbocycles. The number of rotatable bonds is 9. The van der Waals surface area contributed by atoms with Crippen LogP contribution < -0.4 is 5.32 Å². The van der Waals surface area contributed by atoms with E-state index in [-0.39, 0.29) is 29.9 Å². The monoisotopic (exact) mass is 476 g/mol. The number of hydrogen-bond acceptors (Lipinski definition) is 5. The minimum atomic E-state index is -1.46. The van der Waals surface area contributed by atoms with E-state index in [0.717, 1.165) is 44.3 Å². The summed E-state index contributed by atoms with van der Waals surface area (Å²) < 4.78 is 5.59. The Morgan fingerprint density at radius 2 is 1.63 bits per heavy atom. The van der Waals surface area contributed by atoms with Crippen LogP contribution in [0.15, 0.2) is 60.7 Å². The van der Waals surface area contributed by atoms with E-state index in [1.54, 1.807) is 0 Å². The number of ether oxygens (including phenoxy) is 1. The maximum Gasteiger partial charge on any atom is 0.307 e. The van der Waals surface area contributed by atoms with Crippen LogP contribution in [0.2, 0.25) is 0 Å². The topological polar surface area (TPSA) is 78.9 Å². The number of amides is 1. The summed E-state index contributed by atoms with van der Waals surface area (Å²) >= 11 is 0. The fourth-order valence-electron chi connectivity index (χ4n) is 6.16. The first-order valence-corrected chi connectivity index (χ1v) is 13.0. The van der Waals surface area contributed by atoms with Crippen molar-refractivity contribution in [1.82, 2.24) is 10.2 Å². The Morgan fingerprint density at radius 1 is 1.03 bits per heavy atom. The maximum absolute atomic E-state index is 13.4. The van der Waals surface area contributed by atoms with Crippen LogP contribution >= 0.6 is 0 Å². The number of nitrogens with one attached hydrogen (secondary N) is 1. The third kappa shape index (κ3) is 5.00. The number of nitrogens with zero attached hydrogens (tertiary/aromatic N) is 1. The molecule has 2 N–H and O–H groups in total. The van der Waals surface area contributed by atoms with E-state index in [0.29, 0.717) is 30.4 Å². The first-order chi connectivity index (χ1) is 17.0. The van der Waals surface area contributed by atoms with Crippen LogP contribution in [0.5, 0.6) is 0 Å². The molecule has 1 saturated heterocycles. The number of benzene rings is 2. The Balaban J connectivity index is 1.10. The summed E-state index contributed by atoms with van der Waals surface area (Å²) in [5.74, 6) is 0.309. The van der Waals surface area contributed by atoms with Gasteiger partial charge in [0, 0.05) is 31.6 Å². The Bertz CT molecular complexity index is 1010. The average molecular weight is 477 g/mol. The lowest BCUT2D eigenvalue weighted by atomic mass is 9.79. The highest BCUT2D eigenvalue weighted by Gasteiger charge is 2.58. The molecule has 6 nitrogen and oxygen atoms in total. The smallest absolute Gasteiger partial charge is 0.307 e. The fourth-order valence-corrected chi connectivity index (χ4v) is 6.16. The molecular weight excluding hydrogens is 440 g/mol. The van der Waals surface area contributed by atoms with E-state index in [2.05, 4.69) is 10.2 Å². The molecule has 2 aromatic rings. The normalized spacial score (nSPS) is 26.5. The van der Waals surface area contributed by atoms with Gasteiger partial charge in [-0.25, -0.2) is 0 Å². The molecule has 3 aliphatic rings. The molecule has 0 bridgehead atoms. The summed E-state index contributed by atoms with van der Waals surface area (Å²) in [5.41, 5.74) is 0.225. The minimum Gasteiger partial charge on any atom is -0.458 e. The van der Waals surface area contributed by atoms with Gasteiger partial charge in [0.1, 0.15) is 6.10 Å². The molecule has 5 rings (SSSR count). The predicted molar refractivity (Wildman–Crippen MR) is 133 cm³/mol. The first-order valence-electron chi connectivity index (χ1n) is 13.0. The molecule has 0 spiro atoms. The summed E-state index contributed by atoms with van der Waals surface area (Å²) in [6, 6.07) is 19.3. The molecule has 2 aliphatic carbocycles. The van der Waals surface area contributed by atoms with Crippen molar-refractivity contribution in [3.63, 3.8) is 0 Å². The van der Waals surface area contributed by atoms with Crippen LogP contribution in [0.4, 0.5) is 0 Å². The van der Waals surface area contributed by atoms with E-state index in [1.165, 1.54) is 0 Å². The quantitative estimate of drug-likeness (QED) is 0.538. The van der Waals surface area contributed by atoms with Gasteiger partial charge in [0.05, 0.1) is 6.42 Å². The van der Waals surface area contributed by atoms with Crippen molar-refractivity contribution in [3.05, 3.63) is 71.8 Å².